The molecule has 0 amide bonds. The third kappa shape index (κ3) is 5.60. The molecule has 2 nitrogen and oxygen atoms in total. The highest BCUT2D eigenvalue weighted by Crippen LogP contribution is 2.18. The van der Waals surface area contributed by atoms with Crippen molar-refractivity contribution >= 4 is 0 Å². The number of hydrogen-bond donors (Lipinski definition) is 1. The van der Waals surface area contributed by atoms with Gasteiger partial charge in [-0.3, -0.25) is 0 Å². The van der Waals surface area contributed by atoms with Gasteiger partial charge in [-0.1, -0.05) is 68.3 Å². The summed E-state index contributed by atoms with van der Waals surface area (Å²) in [4.78, 5) is 0. The van der Waals surface area contributed by atoms with E-state index in [1.54, 1.807) is 0 Å². The van der Waals surface area contributed by atoms with Crippen molar-refractivity contribution in [1.82, 2.24) is 5.32 Å². The molecule has 0 saturated carbocycles. The Hall–Kier alpha value is -1.80. The van der Waals surface area contributed by atoms with E-state index >= 15 is 0 Å². The average molecular weight is 283 g/mol. The van der Waals surface area contributed by atoms with E-state index in [4.69, 9.17) is 4.74 Å². The summed E-state index contributed by atoms with van der Waals surface area (Å²) in [6, 6.07) is 18.8. The lowest BCUT2D eigenvalue weighted by molar-refractivity contribution is 0.302. The van der Waals surface area contributed by atoms with Crippen molar-refractivity contribution < 1.29 is 4.74 Å². The standard InChI is InChI=1S/C19H25NO/c1-2-3-9-14-21-19-13-8-7-12-18(19)16-20-15-17-10-5-4-6-11-17/h4-8,10-13,20H,2-3,9,14-16H2,1H3. The maximum atomic E-state index is 5.90. The highest BCUT2D eigenvalue weighted by atomic mass is 16.5. The molecule has 0 fully saturated rings. The molecular formula is C19H25NO. The molecule has 1 N–H and O–H groups in total. The van der Waals surface area contributed by atoms with E-state index < -0.39 is 0 Å². The summed E-state index contributed by atoms with van der Waals surface area (Å²) in [5.41, 5.74) is 2.53. The summed E-state index contributed by atoms with van der Waals surface area (Å²) in [6.07, 6.45) is 3.58. The maximum Gasteiger partial charge on any atom is 0.123 e. The smallest absolute Gasteiger partial charge is 0.123 e. The van der Waals surface area contributed by atoms with Crippen LogP contribution in [0, 0.1) is 0 Å². The first-order chi connectivity index (χ1) is 10.4. The Morgan fingerprint density at radius 1 is 0.857 bits per heavy atom. The molecule has 0 aliphatic heterocycles. The molecule has 0 aliphatic rings. The van der Waals surface area contributed by atoms with Crippen molar-refractivity contribution in [1.29, 1.82) is 0 Å². The Kier molecular flexibility index (Phi) is 6.82. The number of ether oxygens (including phenoxy) is 1. The summed E-state index contributed by atoms with van der Waals surface area (Å²) in [7, 11) is 0. The van der Waals surface area contributed by atoms with E-state index in [9.17, 15) is 0 Å². The van der Waals surface area contributed by atoms with E-state index in [1.165, 1.54) is 24.0 Å². The van der Waals surface area contributed by atoms with Crippen molar-refractivity contribution in [2.24, 2.45) is 0 Å². The number of nitrogens with one attached hydrogen (secondary N) is 1. The minimum atomic E-state index is 0.809. The van der Waals surface area contributed by atoms with Crippen LogP contribution in [0.4, 0.5) is 0 Å². The summed E-state index contributed by atoms with van der Waals surface area (Å²) in [6.45, 7) is 4.73. The fourth-order valence-corrected chi connectivity index (χ4v) is 2.26. The van der Waals surface area contributed by atoms with Crippen molar-refractivity contribution in [3.8, 4) is 5.75 Å². The molecule has 0 aliphatic carbocycles. The van der Waals surface area contributed by atoms with Gasteiger partial charge in [0.1, 0.15) is 5.75 Å². The molecule has 0 radical (unpaired) electrons. The van der Waals surface area contributed by atoms with E-state index in [0.717, 1.165) is 31.9 Å². The van der Waals surface area contributed by atoms with E-state index in [2.05, 4.69) is 54.7 Å². The third-order valence-electron chi connectivity index (χ3n) is 3.47. The molecule has 112 valence electrons. The number of para-hydroxylation sites is 1. The van der Waals surface area contributed by atoms with E-state index in [0.29, 0.717) is 0 Å². The molecule has 0 bridgehead atoms. The zero-order valence-electron chi connectivity index (χ0n) is 12.8. The first-order valence-electron chi connectivity index (χ1n) is 7.85. The molecule has 2 heteroatoms. The van der Waals surface area contributed by atoms with Crippen LogP contribution < -0.4 is 10.1 Å². The molecule has 0 saturated heterocycles. The molecule has 0 spiro atoms. The summed E-state index contributed by atoms with van der Waals surface area (Å²) >= 11 is 0. The topological polar surface area (TPSA) is 21.3 Å². The van der Waals surface area contributed by atoms with Crippen LogP contribution in [0.1, 0.15) is 37.3 Å². The monoisotopic (exact) mass is 283 g/mol. The molecule has 0 unspecified atom stereocenters. The number of unbranched alkanes of at least 4 members (excludes halogenated alkanes) is 2. The lowest BCUT2D eigenvalue weighted by Crippen LogP contribution is -2.13. The van der Waals surface area contributed by atoms with Crippen LogP contribution in [0.2, 0.25) is 0 Å². The van der Waals surface area contributed by atoms with Crippen LogP contribution in [-0.2, 0) is 13.1 Å². The predicted molar refractivity (Wildman–Crippen MR) is 88.4 cm³/mol. The molecule has 0 aromatic heterocycles. The number of hydrogen-bond acceptors (Lipinski definition) is 2. The van der Waals surface area contributed by atoms with Crippen LogP contribution in [0.3, 0.4) is 0 Å². The SMILES string of the molecule is CCCCCOc1ccccc1CNCc1ccccc1. The Bertz CT molecular complexity index is 510. The minimum Gasteiger partial charge on any atom is -0.493 e. The first kappa shape index (κ1) is 15.6. The summed E-state index contributed by atoms with van der Waals surface area (Å²) in [5.74, 6) is 1.01. The fourth-order valence-electron chi connectivity index (χ4n) is 2.26. The van der Waals surface area contributed by atoms with Gasteiger partial charge in [0.15, 0.2) is 0 Å². The van der Waals surface area contributed by atoms with Crippen LogP contribution in [0.25, 0.3) is 0 Å². The highest BCUT2D eigenvalue weighted by Gasteiger charge is 2.02. The van der Waals surface area contributed by atoms with Crippen LogP contribution in [-0.4, -0.2) is 6.61 Å². The van der Waals surface area contributed by atoms with E-state index in [1.807, 2.05) is 12.1 Å². The average Bonchev–Trinajstić information content (AvgIpc) is 2.54. The molecule has 0 atom stereocenters. The quantitative estimate of drug-likeness (QED) is 0.682. The third-order valence-corrected chi connectivity index (χ3v) is 3.47. The zero-order valence-corrected chi connectivity index (χ0v) is 12.8. The Morgan fingerprint density at radius 3 is 2.43 bits per heavy atom. The second-order valence-electron chi connectivity index (χ2n) is 5.25. The van der Waals surface area contributed by atoms with Gasteiger partial charge in [-0.15, -0.1) is 0 Å². The second-order valence-corrected chi connectivity index (χ2v) is 5.25. The largest absolute Gasteiger partial charge is 0.493 e. The second kappa shape index (κ2) is 9.19. The normalized spacial score (nSPS) is 10.5. The maximum absolute atomic E-state index is 5.90. The van der Waals surface area contributed by atoms with Crippen LogP contribution in [0.15, 0.2) is 54.6 Å². The van der Waals surface area contributed by atoms with Gasteiger partial charge in [-0.2, -0.15) is 0 Å². The van der Waals surface area contributed by atoms with Crippen LogP contribution in [0.5, 0.6) is 5.75 Å². The molecule has 21 heavy (non-hydrogen) atoms. The Labute approximate surface area is 128 Å². The van der Waals surface area contributed by atoms with Gasteiger partial charge in [0.05, 0.1) is 6.61 Å². The lowest BCUT2D eigenvalue weighted by atomic mass is 10.2. The first-order valence-corrected chi connectivity index (χ1v) is 7.85. The zero-order chi connectivity index (χ0) is 14.8. The number of rotatable bonds is 9. The van der Waals surface area contributed by atoms with Gasteiger partial charge in [-0.25, -0.2) is 0 Å². The summed E-state index contributed by atoms with van der Waals surface area (Å²) in [5, 5.41) is 3.48. The molecular weight excluding hydrogens is 258 g/mol. The molecule has 2 aromatic rings. The lowest BCUT2D eigenvalue weighted by Gasteiger charge is -2.12. The fraction of sp³-hybridized carbons (Fsp3) is 0.368. The van der Waals surface area contributed by atoms with Gasteiger partial charge in [-0.05, 0) is 18.1 Å². The van der Waals surface area contributed by atoms with Gasteiger partial charge in [0.25, 0.3) is 0 Å². The van der Waals surface area contributed by atoms with Crippen molar-refractivity contribution in [2.45, 2.75) is 39.3 Å². The van der Waals surface area contributed by atoms with Gasteiger partial charge in [0.2, 0.25) is 0 Å². The Morgan fingerprint density at radius 2 is 1.62 bits per heavy atom. The predicted octanol–water partition coefficient (Wildman–Crippen LogP) is 4.55. The van der Waals surface area contributed by atoms with Crippen molar-refractivity contribution in [3.63, 3.8) is 0 Å². The van der Waals surface area contributed by atoms with Crippen LogP contribution >= 0.6 is 0 Å². The van der Waals surface area contributed by atoms with Crippen molar-refractivity contribution in [3.05, 3.63) is 65.7 Å². The van der Waals surface area contributed by atoms with E-state index in [-0.39, 0.29) is 0 Å². The van der Waals surface area contributed by atoms with Crippen molar-refractivity contribution in [2.75, 3.05) is 6.61 Å². The number of benzene rings is 2. The van der Waals surface area contributed by atoms with Gasteiger partial charge in [0, 0.05) is 18.7 Å². The molecule has 0 heterocycles. The molecule has 2 aromatic carbocycles. The van der Waals surface area contributed by atoms with Gasteiger partial charge >= 0.3 is 0 Å². The highest BCUT2D eigenvalue weighted by molar-refractivity contribution is 5.33. The Balaban J connectivity index is 1.82. The molecule has 2 rings (SSSR count). The van der Waals surface area contributed by atoms with Gasteiger partial charge < -0.3 is 10.1 Å². The summed E-state index contributed by atoms with van der Waals surface area (Å²) < 4.78 is 5.90. The minimum absolute atomic E-state index is 0.809.